The first-order valence-electron chi connectivity index (χ1n) is 6.68. The number of nitrogens with zero attached hydrogens (tertiary/aromatic N) is 1. The highest BCUT2D eigenvalue weighted by atomic mass is 32.2. The first-order valence-corrected chi connectivity index (χ1v) is 8.12. The topological polar surface area (TPSA) is 92.3 Å². The van der Waals surface area contributed by atoms with Crippen LogP contribution in [0.2, 0.25) is 0 Å². The molecule has 0 unspecified atom stereocenters. The average Bonchev–Trinajstić information content (AvgIpc) is 2.90. The minimum atomic E-state index is -4.23. The smallest absolute Gasteiger partial charge is 0.294 e. The van der Waals surface area contributed by atoms with Crippen molar-refractivity contribution in [3.8, 4) is 17.1 Å². The Bertz CT molecular complexity index is 914. The molecule has 6 nitrogen and oxygen atoms in total. The van der Waals surface area contributed by atoms with Crippen LogP contribution in [0.15, 0.2) is 47.4 Å². The normalized spacial score (nSPS) is 11.7. The van der Waals surface area contributed by atoms with Crippen molar-refractivity contribution < 1.29 is 17.7 Å². The molecular weight excluding hydrogens is 304 g/mol. The number of nitrogens with one attached hydrogen (secondary N) is 1. The van der Waals surface area contributed by atoms with E-state index < -0.39 is 10.1 Å². The lowest BCUT2D eigenvalue weighted by atomic mass is 10.2. The molecule has 2 N–H and O–H groups in total. The third-order valence-electron chi connectivity index (χ3n) is 3.19. The van der Waals surface area contributed by atoms with Gasteiger partial charge in [0.25, 0.3) is 10.1 Å². The van der Waals surface area contributed by atoms with Crippen molar-refractivity contribution >= 4 is 21.2 Å². The van der Waals surface area contributed by atoms with Crippen LogP contribution < -0.4 is 4.74 Å². The summed E-state index contributed by atoms with van der Waals surface area (Å²) >= 11 is 0. The average molecular weight is 318 g/mol. The predicted molar refractivity (Wildman–Crippen MR) is 82.5 cm³/mol. The van der Waals surface area contributed by atoms with Crippen molar-refractivity contribution in [1.82, 2.24) is 9.97 Å². The van der Waals surface area contributed by atoms with Gasteiger partial charge in [-0.15, -0.1) is 0 Å². The molecule has 1 heterocycles. The van der Waals surface area contributed by atoms with Gasteiger partial charge in [0.15, 0.2) is 0 Å². The largest absolute Gasteiger partial charge is 0.494 e. The van der Waals surface area contributed by atoms with Gasteiger partial charge in [-0.25, -0.2) is 4.98 Å². The Balaban J connectivity index is 2.01. The number of aromatic nitrogens is 2. The van der Waals surface area contributed by atoms with Gasteiger partial charge in [0, 0.05) is 5.56 Å². The third-order valence-corrected chi connectivity index (χ3v) is 4.04. The SMILES string of the molecule is CCOc1ccc(-c2nc3ccc(S(=O)(=O)O)cc3[nH]2)cc1. The fourth-order valence-corrected chi connectivity index (χ4v) is 2.67. The Morgan fingerprint density at radius 3 is 2.55 bits per heavy atom. The van der Waals surface area contributed by atoms with Crippen molar-refractivity contribution in [2.24, 2.45) is 0 Å². The number of aromatic amines is 1. The molecule has 3 rings (SSSR count). The minimum absolute atomic E-state index is 0.165. The van der Waals surface area contributed by atoms with E-state index in [9.17, 15) is 8.42 Å². The first kappa shape index (κ1) is 14.6. The molecule has 1 aromatic heterocycles. The van der Waals surface area contributed by atoms with Crippen LogP contribution in [0.25, 0.3) is 22.4 Å². The lowest BCUT2D eigenvalue weighted by Gasteiger charge is -2.02. The van der Waals surface area contributed by atoms with E-state index in [1.165, 1.54) is 12.1 Å². The number of ether oxygens (including phenoxy) is 1. The molecule has 0 amide bonds. The number of H-pyrrole nitrogens is 1. The Hall–Kier alpha value is -2.38. The highest BCUT2D eigenvalue weighted by Gasteiger charge is 2.12. The summed E-state index contributed by atoms with van der Waals surface area (Å²) < 4.78 is 36.8. The Kier molecular flexibility index (Phi) is 3.59. The number of hydrogen-bond donors (Lipinski definition) is 2. The Morgan fingerprint density at radius 1 is 1.18 bits per heavy atom. The van der Waals surface area contributed by atoms with E-state index >= 15 is 0 Å². The van der Waals surface area contributed by atoms with E-state index in [1.807, 2.05) is 31.2 Å². The maximum atomic E-state index is 11.2. The summed E-state index contributed by atoms with van der Waals surface area (Å²) in [5.74, 6) is 1.39. The van der Waals surface area contributed by atoms with Crippen molar-refractivity contribution in [3.05, 3.63) is 42.5 Å². The van der Waals surface area contributed by atoms with Gasteiger partial charge >= 0.3 is 0 Å². The molecular formula is C15H14N2O4S. The van der Waals surface area contributed by atoms with E-state index in [2.05, 4.69) is 9.97 Å². The minimum Gasteiger partial charge on any atom is -0.494 e. The number of benzene rings is 2. The van der Waals surface area contributed by atoms with Crippen LogP contribution in [0.4, 0.5) is 0 Å². The maximum absolute atomic E-state index is 11.2. The molecule has 3 aromatic rings. The van der Waals surface area contributed by atoms with Gasteiger partial charge in [-0.3, -0.25) is 4.55 Å². The van der Waals surface area contributed by atoms with Crippen molar-refractivity contribution in [3.63, 3.8) is 0 Å². The van der Waals surface area contributed by atoms with Crippen molar-refractivity contribution in [2.45, 2.75) is 11.8 Å². The first-order chi connectivity index (χ1) is 10.5. The van der Waals surface area contributed by atoms with Crippen LogP contribution in [0, 0.1) is 0 Å². The predicted octanol–water partition coefficient (Wildman–Crippen LogP) is 2.88. The molecule has 114 valence electrons. The van der Waals surface area contributed by atoms with Crippen LogP contribution in [0.5, 0.6) is 5.75 Å². The van der Waals surface area contributed by atoms with E-state index in [4.69, 9.17) is 9.29 Å². The Morgan fingerprint density at radius 2 is 1.91 bits per heavy atom. The van der Waals surface area contributed by atoms with Gasteiger partial charge in [-0.05, 0) is 49.4 Å². The summed E-state index contributed by atoms with van der Waals surface area (Å²) in [7, 11) is -4.23. The molecule has 7 heteroatoms. The van der Waals surface area contributed by atoms with Gasteiger partial charge < -0.3 is 9.72 Å². The molecule has 0 saturated heterocycles. The zero-order valence-electron chi connectivity index (χ0n) is 11.8. The van der Waals surface area contributed by atoms with E-state index in [1.54, 1.807) is 6.07 Å². The van der Waals surface area contributed by atoms with Crippen LogP contribution in [-0.2, 0) is 10.1 Å². The second kappa shape index (κ2) is 5.43. The van der Waals surface area contributed by atoms with E-state index in [-0.39, 0.29) is 4.90 Å². The molecule has 0 fully saturated rings. The molecule has 0 aliphatic rings. The molecule has 0 aliphatic carbocycles. The molecule has 22 heavy (non-hydrogen) atoms. The molecule has 0 atom stereocenters. The van der Waals surface area contributed by atoms with Gasteiger partial charge in [0.05, 0.1) is 22.5 Å². The van der Waals surface area contributed by atoms with Gasteiger partial charge in [0.2, 0.25) is 0 Å². The van der Waals surface area contributed by atoms with Crippen LogP contribution in [-0.4, -0.2) is 29.5 Å². The van der Waals surface area contributed by atoms with E-state index in [0.29, 0.717) is 23.5 Å². The molecule has 0 spiro atoms. The van der Waals surface area contributed by atoms with Crippen LogP contribution in [0.3, 0.4) is 0 Å². The number of fused-ring (bicyclic) bond motifs is 1. The van der Waals surface area contributed by atoms with Gasteiger partial charge in [-0.1, -0.05) is 0 Å². The summed E-state index contributed by atoms with van der Waals surface area (Å²) in [5, 5.41) is 0. The van der Waals surface area contributed by atoms with E-state index in [0.717, 1.165) is 11.3 Å². The summed E-state index contributed by atoms with van der Waals surface area (Å²) in [6, 6.07) is 11.6. The zero-order valence-corrected chi connectivity index (χ0v) is 12.6. The molecule has 2 aromatic carbocycles. The van der Waals surface area contributed by atoms with Gasteiger partial charge in [-0.2, -0.15) is 8.42 Å². The number of rotatable bonds is 4. The Labute approximate surface area is 127 Å². The second-order valence-corrected chi connectivity index (χ2v) is 6.12. The summed E-state index contributed by atoms with van der Waals surface area (Å²) in [4.78, 5) is 7.29. The fourth-order valence-electron chi connectivity index (χ4n) is 2.16. The molecule has 0 radical (unpaired) electrons. The number of imidazole rings is 1. The summed E-state index contributed by atoms with van der Waals surface area (Å²) in [5.41, 5.74) is 2.02. The van der Waals surface area contributed by atoms with Crippen molar-refractivity contribution in [2.75, 3.05) is 6.61 Å². The van der Waals surface area contributed by atoms with Gasteiger partial charge in [0.1, 0.15) is 11.6 Å². The van der Waals surface area contributed by atoms with Crippen molar-refractivity contribution in [1.29, 1.82) is 0 Å². The molecule has 0 bridgehead atoms. The highest BCUT2D eigenvalue weighted by Crippen LogP contribution is 2.24. The standard InChI is InChI=1S/C15H14N2O4S/c1-2-21-11-5-3-10(4-6-11)15-16-13-8-7-12(22(18,19)20)9-14(13)17-15/h3-9H,2H2,1H3,(H,16,17)(H,18,19,20). The monoisotopic (exact) mass is 318 g/mol. The lowest BCUT2D eigenvalue weighted by molar-refractivity contribution is 0.340. The summed E-state index contributed by atoms with van der Waals surface area (Å²) in [6.45, 7) is 2.52. The zero-order chi connectivity index (χ0) is 15.7. The lowest BCUT2D eigenvalue weighted by Crippen LogP contribution is -1.97. The third kappa shape index (κ3) is 2.81. The molecule has 0 saturated carbocycles. The summed E-state index contributed by atoms with van der Waals surface area (Å²) in [6.07, 6.45) is 0. The molecule has 0 aliphatic heterocycles. The van der Waals surface area contributed by atoms with Crippen LogP contribution in [0.1, 0.15) is 6.92 Å². The highest BCUT2D eigenvalue weighted by molar-refractivity contribution is 7.85. The fraction of sp³-hybridized carbons (Fsp3) is 0.133. The quantitative estimate of drug-likeness (QED) is 0.722. The maximum Gasteiger partial charge on any atom is 0.294 e. The van der Waals surface area contributed by atoms with Crippen LogP contribution >= 0.6 is 0 Å². The second-order valence-electron chi connectivity index (χ2n) is 4.70. The number of hydrogen-bond acceptors (Lipinski definition) is 4.